The zero-order valence-corrected chi connectivity index (χ0v) is 9.94. The maximum atomic E-state index is 13.0. The highest BCUT2D eigenvalue weighted by atomic mass is 79.9. The number of halogens is 3. The zero-order valence-electron chi connectivity index (χ0n) is 8.35. The highest BCUT2D eigenvalue weighted by molar-refractivity contribution is 9.09. The normalized spacial score (nSPS) is 18.6. The molecule has 1 atom stereocenters. The molecule has 82 valence electrons. The Morgan fingerprint density at radius 1 is 1.27 bits per heavy atom. The minimum absolute atomic E-state index is 0.151. The SMILES string of the molecule is Fc1ccc(C(Br)CC2CCC2)cc1F. The van der Waals surface area contributed by atoms with Gasteiger partial charge in [0.05, 0.1) is 0 Å². The van der Waals surface area contributed by atoms with E-state index in [2.05, 4.69) is 15.9 Å². The minimum Gasteiger partial charge on any atom is -0.204 e. The van der Waals surface area contributed by atoms with E-state index in [0.717, 1.165) is 17.9 Å². The molecule has 0 nitrogen and oxygen atoms in total. The Labute approximate surface area is 96.8 Å². The lowest BCUT2D eigenvalue weighted by Gasteiger charge is -2.27. The molecule has 1 aromatic rings. The summed E-state index contributed by atoms with van der Waals surface area (Å²) in [6, 6.07) is 4.13. The van der Waals surface area contributed by atoms with Crippen LogP contribution >= 0.6 is 15.9 Å². The fourth-order valence-corrected chi connectivity index (χ4v) is 2.68. The van der Waals surface area contributed by atoms with Crippen molar-refractivity contribution in [3.8, 4) is 0 Å². The molecule has 1 aliphatic rings. The van der Waals surface area contributed by atoms with Crippen molar-refractivity contribution in [2.24, 2.45) is 5.92 Å². The summed E-state index contributed by atoms with van der Waals surface area (Å²) in [6.45, 7) is 0. The van der Waals surface area contributed by atoms with Crippen LogP contribution in [0.4, 0.5) is 8.78 Å². The molecule has 0 N–H and O–H groups in total. The number of hydrogen-bond donors (Lipinski definition) is 0. The highest BCUT2D eigenvalue weighted by Crippen LogP contribution is 2.38. The van der Waals surface area contributed by atoms with E-state index in [0.29, 0.717) is 0 Å². The molecule has 15 heavy (non-hydrogen) atoms. The number of hydrogen-bond acceptors (Lipinski definition) is 0. The first-order chi connectivity index (χ1) is 7.16. The van der Waals surface area contributed by atoms with Crippen molar-refractivity contribution in [3.63, 3.8) is 0 Å². The molecule has 0 amide bonds. The molecule has 2 rings (SSSR count). The topological polar surface area (TPSA) is 0 Å². The summed E-state index contributed by atoms with van der Waals surface area (Å²) in [5, 5.41) is 0. The van der Waals surface area contributed by atoms with Crippen LogP contribution in [0.3, 0.4) is 0 Å². The molecule has 1 aromatic carbocycles. The first kappa shape index (κ1) is 11.1. The standard InChI is InChI=1S/C12H13BrF2/c13-10(6-8-2-1-3-8)9-4-5-11(14)12(15)7-9/h4-5,7-8,10H,1-3,6H2. The third-order valence-corrected chi connectivity index (χ3v) is 3.97. The first-order valence-corrected chi connectivity index (χ1v) is 6.17. The third kappa shape index (κ3) is 2.57. The molecule has 0 radical (unpaired) electrons. The van der Waals surface area contributed by atoms with Crippen LogP contribution in [0.5, 0.6) is 0 Å². The quantitative estimate of drug-likeness (QED) is 0.708. The van der Waals surface area contributed by atoms with Crippen molar-refractivity contribution in [2.45, 2.75) is 30.5 Å². The number of benzene rings is 1. The van der Waals surface area contributed by atoms with E-state index in [4.69, 9.17) is 0 Å². The van der Waals surface area contributed by atoms with Crippen LogP contribution < -0.4 is 0 Å². The van der Waals surface area contributed by atoms with Gasteiger partial charge in [-0.05, 0) is 30.0 Å². The number of alkyl halides is 1. The van der Waals surface area contributed by atoms with Gasteiger partial charge in [0.2, 0.25) is 0 Å². The molecule has 0 saturated heterocycles. The van der Waals surface area contributed by atoms with Gasteiger partial charge in [-0.3, -0.25) is 0 Å². The van der Waals surface area contributed by atoms with Crippen LogP contribution in [0.25, 0.3) is 0 Å². The van der Waals surface area contributed by atoms with Gasteiger partial charge in [-0.2, -0.15) is 0 Å². The predicted octanol–water partition coefficient (Wildman–Crippen LogP) is 4.59. The van der Waals surface area contributed by atoms with Crippen molar-refractivity contribution < 1.29 is 8.78 Å². The van der Waals surface area contributed by atoms with Crippen LogP contribution in [-0.4, -0.2) is 0 Å². The molecule has 1 fully saturated rings. The van der Waals surface area contributed by atoms with Gasteiger partial charge in [-0.25, -0.2) is 8.78 Å². The molecular formula is C12H13BrF2. The Morgan fingerprint density at radius 2 is 2.00 bits per heavy atom. The van der Waals surface area contributed by atoms with E-state index >= 15 is 0 Å². The second kappa shape index (κ2) is 4.60. The molecule has 0 aliphatic heterocycles. The maximum Gasteiger partial charge on any atom is 0.159 e. The van der Waals surface area contributed by atoms with Crippen LogP contribution in [-0.2, 0) is 0 Å². The molecule has 0 spiro atoms. The molecule has 0 heterocycles. The fourth-order valence-electron chi connectivity index (χ4n) is 1.86. The van der Waals surface area contributed by atoms with Crippen LogP contribution in [0.2, 0.25) is 0 Å². The van der Waals surface area contributed by atoms with Gasteiger partial charge < -0.3 is 0 Å². The molecule has 1 aliphatic carbocycles. The van der Waals surface area contributed by atoms with Gasteiger partial charge in [0, 0.05) is 4.83 Å². The Kier molecular flexibility index (Phi) is 3.39. The van der Waals surface area contributed by atoms with Gasteiger partial charge in [0.1, 0.15) is 0 Å². The molecule has 3 heteroatoms. The van der Waals surface area contributed by atoms with Gasteiger partial charge in [0.15, 0.2) is 11.6 Å². The lowest BCUT2D eigenvalue weighted by atomic mass is 9.81. The maximum absolute atomic E-state index is 13.0. The molecule has 0 bridgehead atoms. The third-order valence-electron chi connectivity index (χ3n) is 3.07. The second-order valence-corrected chi connectivity index (χ2v) is 5.28. The summed E-state index contributed by atoms with van der Waals surface area (Å²) in [5.41, 5.74) is 0.834. The second-order valence-electron chi connectivity index (χ2n) is 4.17. The minimum atomic E-state index is -0.776. The Bertz CT molecular complexity index is 347. The molecular weight excluding hydrogens is 262 g/mol. The highest BCUT2D eigenvalue weighted by Gasteiger charge is 2.22. The Hall–Kier alpha value is -0.440. The van der Waals surface area contributed by atoms with Crippen LogP contribution in [0.15, 0.2) is 18.2 Å². The van der Waals surface area contributed by atoms with E-state index in [-0.39, 0.29) is 4.83 Å². The predicted molar refractivity (Wildman–Crippen MR) is 60.0 cm³/mol. The summed E-state index contributed by atoms with van der Waals surface area (Å²) >= 11 is 3.53. The van der Waals surface area contributed by atoms with Gasteiger partial charge >= 0.3 is 0 Å². The van der Waals surface area contributed by atoms with Crippen molar-refractivity contribution in [3.05, 3.63) is 35.4 Å². The van der Waals surface area contributed by atoms with Crippen LogP contribution in [0, 0.1) is 17.6 Å². The van der Waals surface area contributed by atoms with Crippen molar-refractivity contribution in [1.29, 1.82) is 0 Å². The Balaban J connectivity index is 2.03. The average Bonchev–Trinajstić information content (AvgIpc) is 2.15. The average molecular weight is 275 g/mol. The summed E-state index contributed by atoms with van der Waals surface area (Å²) in [4.78, 5) is 0.151. The summed E-state index contributed by atoms with van der Waals surface area (Å²) in [6.07, 6.45) is 4.87. The zero-order chi connectivity index (χ0) is 10.8. The summed E-state index contributed by atoms with van der Waals surface area (Å²) in [5.74, 6) is -0.782. The monoisotopic (exact) mass is 274 g/mol. The lowest BCUT2D eigenvalue weighted by Crippen LogP contribution is -2.12. The van der Waals surface area contributed by atoms with Gasteiger partial charge in [-0.15, -0.1) is 0 Å². The van der Waals surface area contributed by atoms with E-state index in [1.165, 1.54) is 31.4 Å². The van der Waals surface area contributed by atoms with E-state index < -0.39 is 11.6 Å². The van der Waals surface area contributed by atoms with E-state index in [1.54, 1.807) is 6.07 Å². The lowest BCUT2D eigenvalue weighted by molar-refractivity contribution is 0.295. The smallest absolute Gasteiger partial charge is 0.159 e. The van der Waals surface area contributed by atoms with Gasteiger partial charge in [0.25, 0.3) is 0 Å². The summed E-state index contributed by atoms with van der Waals surface area (Å²) in [7, 11) is 0. The summed E-state index contributed by atoms with van der Waals surface area (Å²) < 4.78 is 25.7. The fraction of sp³-hybridized carbons (Fsp3) is 0.500. The van der Waals surface area contributed by atoms with Crippen molar-refractivity contribution in [1.82, 2.24) is 0 Å². The van der Waals surface area contributed by atoms with Crippen molar-refractivity contribution in [2.75, 3.05) is 0 Å². The van der Waals surface area contributed by atoms with Crippen molar-refractivity contribution >= 4 is 15.9 Å². The largest absolute Gasteiger partial charge is 0.204 e. The molecule has 0 aromatic heterocycles. The molecule has 1 saturated carbocycles. The van der Waals surface area contributed by atoms with E-state index in [9.17, 15) is 8.78 Å². The molecule has 1 unspecified atom stereocenters. The Morgan fingerprint density at radius 3 is 2.53 bits per heavy atom. The number of rotatable bonds is 3. The van der Waals surface area contributed by atoms with Gasteiger partial charge in [-0.1, -0.05) is 41.3 Å². The van der Waals surface area contributed by atoms with E-state index in [1.807, 2.05) is 0 Å². The van der Waals surface area contributed by atoms with Crippen LogP contribution in [0.1, 0.15) is 36.1 Å². The first-order valence-electron chi connectivity index (χ1n) is 5.26.